The molecule has 1 saturated heterocycles. The van der Waals surface area contributed by atoms with Gasteiger partial charge in [-0.25, -0.2) is 0 Å². The predicted molar refractivity (Wildman–Crippen MR) is 115 cm³/mol. The summed E-state index contributed by atoms with van der Waals surface area (Å²) in [4.78, 5) is 16.0. The van der Waals surface area contributed by atoms with Gasteiger partial charge in [0.2, 0.25) is 0 Å². The average Bonchev–Trinajstić information content (AvgIpc) is 3.24. The Bertz CT molecular complexity index is 718. The minimum absolute atomic E-state index is 0.0778. The van der Waals surface area contributed by atoms with Crippen molar-refractivity contribution in [2.75, 3.05) is 13.2 Å². The number of hydrogen-bond acceptors (Lipinski definition) is 5. The van der Waals surface area contributed by atoms with Crippen LogP contribution in [0, 0.1) is 5.92 Å². The summed E-state index contributed by atoms with van der Waals surface area (Å²) in [5.74, 6) is 0.452. The Hall–Kier alpha value is -1.27. The van der Waals surface area contributed by atoms with E-state index in [1.54, 1.807) is 23.5 Å². The zero-order valence-electron chi connectivity index (χ0n) is 15.9. The van der Waals surface area contributed by atoms with Gasteiger partial charge in [-0.1, -0.05) is 66.3 Å². The van der Waals surface area contributed by atoms with Crippen LogP contribution in [0.2, 0.25) is 0 Å². The van der Waals surface area contributed by atoms with Crippen molar-refractivity contribution in [3.63, 3.8) is 0 Å². The SMILES string of the molecule is O=C1C(CCC2OCCO2)CCCC1(Sc1ccccc1)Sc1ccccc1. The quantitative estimate of drug-likeness (QED) is 0.536. The minimum Gasteiger partial charge on any atom is -0.350 e. The maximum atomic E-state index is 13.7. The van der Waals surface area contributed by atoms with Crippen LogP contribution in [-0.4, -0.2) is 29.4 Å². The van der Waals surface area contributed by atoms with Crippen LogP contribution < -0.4 is 0 Å². The first-order valence-corrected chi connectivity index (χ1v) is 11.6. The first-order chi connectivity index (χ1) is 13.8. The molecule has 0 amide bonds. The predicted octanol–water partition coefficient (Wildman–Crippen LogP) is 5.79. The molecule has 5 heteroatoms. The molecule has 28 heavy (non-hydrogen) atoms. The fourth-order valence-electron chi connectivity index (χ4n) is 3.91. The van der Waals surface area contributed by atoms with Crippen LogP contribution in [0.5, 0.6) is 0 Å². The monoisotopic (exact) mass is 414 g/mol. The number of rotatable bonds is 7. The summed E-state index contributed by atoms with van der Waals surface area (Å²) in [6.07, 6.45) is 4.46. The van der Waals surface area contributed by atoms with E-state index in [2.05, 4.69) is 24.3 Å². The third-order valence-electron chi connectivity index (χ3n) is 5.30. The molecule has 1 heterocycles. The van der Waals surface area contributed by atoms with Crippen LogP contribution in [0.1, 0.15) is 32.1 Å². The fraction of sp³-hybridized carbons (Fsp3) is 0.435. The van der Waals surface area contributed by atoms with Crippen molar-refractivity contribution < 1.29 is 14.3 Å². The van der Waals surface area contributed by atoms with Gasteiger partial charge >= 0.3 is 0 Å². The largest absolute Gasteiger partial charge is 0.350 e. The van der Waals surface area contributed by atoms with Gasteiger partial charge in [0.15, 0.2) is 12.1 Å². The molecule has 1 aliphatic heterocycles. The molecule has 1 unspecified atom stereocenters. The highest BCUT2D eigenvalue weighted by Crippen LogP contribution is 2.53. The van der Waals surface area contributed by atoms with Gasteiger partial charge in [-0.05, 0) is 49.9 Å². The number of benzene rings is 2. The number of thioether (sulfide) groups is 2. The second kappa shape index (κ2) is 9.49. The van der Waals surface area contributed by atoms with Gasteiger partial charge in [-0.2, -0.15) is 0 Å². The minimum atomic E-state index is -0.469. The third kappa shape index (κ3) is 4.82. The molecular formula is C23H26O3S2. The molecule has 1 aliphatic carbocycles. The van der Waals surface area contributed by atoms with Gasteiger partial charge in [-0.15, -0.1) is 0 Å². The van der Waals surface area contributed by atoms with Crippen LogP contribution in [0.15, 0.2) is 70.5 Å². The Kier molecular flexibility index (Phi) is 6.78. The molecule has 148 valence electrons. The zero-order chi connectivity index (χ0) is 19.2. The van der Waals surface area contributed by atoms with Gasteiger partial charge < -0.3 is 9.47 Å². The van der Waals surface area contributed by atoms with Crippen LogP contribution in [0.4, 0.5) is 0 Å². The summed E-state index contributed by atoms with van der Waals surface area (Å²) in [5.41, 5.74) is 0. The summed E-state index contributed by atoms with van der Waals surface area (Å²) in [6, 6.07) is 20.6. The third-order valence-corrected chi connectivity index (χ3v) is 8.28. The lowest BCUT2D eigenvalue weighted by Crippen LogP contribution is -2.41. The van der Waals surface area contributed by atoms with Crippen LogP contribution in [-0.2, 0) is 14.3 Å². The van der Waals surface area contributed by atoms with Crippen molar-refractivity contribution in [1.82, 2.24) is 0 Å². The molecule has 1 atom stereocenters. The van der Waals surface area contributed by atoms with E-state index in [1.807, 2.05) is 36.4 Å². The van der Waals surface area contributed by atoms with E-state index < -0.39 is 4.08 Å². The number of carbonyl (C=O) groups excluding carboxylic acids is 1. The van der Waals surface area contributed by atoms with Gasteiger partial charge in [0.25, 0.3) is 0 Å². The van der Waals surface area contributed by atoms with Crippen LogP contribution in [0.25, 0.3) is 0 Å². The first-order valence-electron chi connectivity index (χ1n) is 10.0. The molecule has 0 N–H and O–H groups in total. The zero-order valence-corrected chi connectivity index (χ0v) is 17.6. The molecule has 2 aliphatic rings. The number of Topliss-reactive ketones (excluding diaryl/α,β-unsaturated/α-hetero) is 1. The summed E-state index contributed by atoms with van der Waals surface area (Å²) in [5, 5.41) is 0. The van der Waals surface area contributed by atoms with E-state index in [-0.39, 0.29) is 12.2 Å². The molecular weight excluding hydrogens is 388 g/mol. The standard InChI is InChI=1S/C23H26O3S2/c24-22-18(13-14-21-25-16-17-26-21)8-7-15-23(22,27-19-9-3-1-4-10-19)28-20-11-5-2-6-12-20/h1-6,9-12,18,21H,7-8,13-17H2. The lowest BCUT2D eigenvalue weighted by atomic mass is 9.84. The first kappa shape index (κ1) is 20.0. The molecule has 0 spiro atoms. The molecule has 2 fully saturated rings. The average molecular weight is 415 g/mol. The Morgan fingerprint density at radius 2 is 1.43 bits per heavy atom. The second-order valence-corrected chi connectivity index (χ2v) is 10.3. The van der Waals surface area contributed by atoms with Crippen molar-refractivity contribution in [3.05, 3.63) is 60.7 Å². The van der Waals surface area contributed by atoms with Crippen molar-refractivity contribution in [2.24, 2.45) is 5.92 Å². The molecule has 2 aromatic carbocycles. The van der Waals surface area contributed by atoms with E-state index in [9.17, 15) is 4.79 Å². The Labute approximate surface area is 175 Å². The van der Waals surface area contributed by atoms with Crippen molar-refractivity contribution in [1.29, 1.82) is 0 Å². The maximum Gasteiger partial charge on any atom is 0.162 e. The number of ketones is 1. The molecule has 0 aromatic heterocycles. The molecule has 0 bridgehead atoms. The molecule has 3 nitrogen and oxygen atoms in total. The summed E-state index contributed by atoms with van der Waals surface area (Å²) < 4.78 is 10.7. The van der Waals surface area contributed by atoms with E-state index in [0.29, 0.717) is 19.0 Å². The van der Waals surface area contributed by atoms with E-state index in [4.69, 9.17) is 9.47 Å². The van der Waals surface area contributed by atoms with Crippen molar-refractivity contribution in [2.45, 2.75) is 52.3 Å². The van der Waals surface area contributed by atoms with Crippen LogP contribution in [0.3, 0.4) is 0 Å². The van der Waals surface area contributed by atoms with Crippen LogP contribution >= 0.6 is 23.5 Å². The lowest BCUT2D eigenvalue weighted by Gasteiger charge is -2.38. The van der Waals surface area contributed by atoms with E-state index >= 15 is 0 Å². The van der Waals surface area contributed by atoms with E-state index in [0.717, 1.165) is 41.9 Å². The van der Waals surface area contributed by atoms with Crippen molar-refractivity contribution >= 4 is 29.3 Å². The Balaban J connectivity index is 1.54. The summed E-state index contributed by atoms with van der Waals surface area (Å²) in [6.45, 7) is 1.34. The van der Waals surface area contributed by atoms with Gasteiger partial charge in [0.05, 0.1) is 13.2 Å². The highest BCUT2D eigenvalue weighted by Gasteiger charge is 2.46. The van der Waals surface area contributed by atoms with E-state index in [1.165, 1.54) is 0 Å². The van der Waals surface area contributed by atoms with Gasteiger partial charge in [0, 0.05) is 15.7 Å². The normalized spacial score (nSPS) is 22.4. The van der Waals surface area contributed by atoms with Gasteiger partial charge in [0.1, 0.15) is 4.08 Å². The fourth-order valence-corrected chi connectivity index (χ4v) is 7.03. The summed E-state index contributed by atoms with van der Waals surface area (Å²) in [7, 11) is 0. The summed E-state index contributed by atoms with van der Waals surface area (Å²) >= 11 is 3.46. The molecule has 2 aromatic rings. The Morgan fingerprint density at radius 3 is 2.00 bits per heavy atom. The van der Waals surface area contributed by atoms with Crippen molar-refractivity contribution in [3.8, 4) is 0 Å². The smallest absolute Gasteiger partial charge is 0.162 e. The molecule has 0 radical (unpaired) electrons. The Morgan fingerprint density at radius 1 is 0.857 bits per heavy atom. The lowest BCUT2D eigenvalue weighted by molar-refractivity contribution is -0.125. The molecule has 4 rings (SSSR count). The molecule has 1 saturated carbocycles. The number of ether oxygens (including phenoxy) is 2. The second-order valence-electron chi connectivity index (χ2n) is 7.29. The highest BCUT2D eigenvalue weighted by atomic mass is 32.2. The maximum absolute atomic E-state index is 13.7. The van der Waals surface area contributed by atoms with Gasteiger partial charge in [-0.3, -0.25) is 4.79 Å². The number of hydrogen-bond donors (Lipinski definition) is 0. The topological polar surface area (TPSA) is 35.5 Å². The highest BCUT2D eigenvalue weighted by molar-refractivity contribution is 8.19. The number of carbonyl (C=O) groups is 1.